The van der Waals surface area contributed by atoms with Gasteiger partial charge in [-0.3, -0.25) is 0 Å². The predicted octanol–water partition coefficient (Wildman–Crippen LogP) is 1.53. The van der Waals surface area contributed by atoms with Crippen LogP contribution in [0.4, 0.5) is 0 Å². The first kappa shape index (κ1) is 15.4. The number of nitrogens with one attached hydrogen (secondary N) is 1. The van der Waals surface area contributed by atoms with Crippen LogP contribution in [-0.4, -0.2) is 44.6 Å². The van der Waals surface area contributed by atoms with E-state index in [4.69, 9.17) is 9.26 Å². The molecule has 2 aliphatic heterocycles. The molecule has 0 saturated carbocycles. The third-order valence-corrected chi connectivity index (χ3v) is 4.00. The first-order valence-electron chi connectivity index (χ1n) is 7.47. The first-order chi connectivity index (χ1) is 10.4. The van der Waals surface area contributed by atoms with Gasteiger partial charge in [-0.15, -0.1) is 17.5 Å². The van der Waals surface area contributed by atoms with Gasteiger partial charge < -0.3 is 14.6 Å². The predicted molar refractivity (Wildman–Crippen MR) is 79.6 cm³/mol. The lowest BCUT2D eigenvalue weighted by Gasteiger charge is -2.22. The maximum absolute atomic E-state index is 5.55. The maximum atomic E-state index is 5.55. The van der Waals surface area contributed by atoms with Crippen LogP contribution in [0.3, 0.4) is 0 Å². The molecule has 22 heavy (non-hydrogen) atoms. The lowest BCUT2D eigenvalue weighted by Crippen LogP contribution is -2.31. The Morgan fingerprint density at radius 2 is 2.23 bits per heavy atom. The van der Waals surface area contributed by atoms with Crippen molar-refractivity contribution in [2.75, 3.05) is 19.7 Å². The van der Waals surface area contributed by atoms with Gasteiger partial charge in [0.1, 0.15) is 12.4 Å². The average molecular weight is 327 g/mol. The number of aromatic nitrogens is 5. The molecule has 2 fully saturated rings. The van der Waals surface area contributed by atoms with Gasteiger partial charge in [-0.05, 0) is 32.2 Å². The second-order valence-corrected chi connectivity index (χ2v) is 5.51. The van der Waals surface area contributed by atoms with Crippen molar-refractivity contribution in [2.24, 2.45) is 0 Å². The molecule has 1 N–H and O–H groups in total. The number of rotatable bonds is 3. The molecule has 8 nitrogen and oxygen atoms in total. The molecule has 0 radical (unpaired) electrons. The maximum Gasteiger partial charge on any atom is 0.297 e. The minimum Gasteiger partial charge on any atom is -0.370 e. The number of halogens is 1. The molecular formula is C13H19ClN6O2. The van der Waals surface area contributed by atoms with E-state index in [1.807, 2.05) is 4.68 Å². The highest BCUT2D eigenvalue weighted by Crippen LogP contribution is 2.27. The SMILES string of the molecule is Cl.c1nc(-c2nc(C3CCCO3)no2)nn1C1CCCNC1. The van der Waals surface area contributed by atoms with E-state index >= 15 is 0 Å². The summed E-state index contributed by atoms with van der Waals surface area (Å²) in [6, 6.07) is 0.348. The summed E-state index contributed by atoms with van der Waals surface area (Å²) < 4.78 is 12.7. The molecule has 0 spiro atoms. The molecule has 9 heteroatoms. The Balaban J connectivity index is 0.00000144. The molecule has 2 aliphatic rings. The molecule has 2 saturated heterocycles. The van der Waals surface area contributed by atoms with Gasteiger partial charge in [0.25, 0.3) is 5.89 Å². The first-order valence-corrected chi connectivity index (χ1v) is 7.47. The summed E-state index contributed by atoms with van der Waals surface area (Å²) in [5.74, 6) is 1.44. The van der Waals surface area contributed by atoms with Gasteiger partial charge in [-0.2, -0.15) is 4.98 Å². The highest BCUT2D eigenvalue weighted by Gasteiger charge is 2.25. The zero-order valence-electron chi connectivity index (χ0n) is 12.1. The van der Waals surface area contributed by atoms with Gasteiger partial charge >= 0.3 is 0 Å². The van der Waals surface area contributed by atoms with Crippen LogP contribution >= 0.6 is 12.4 Å². The van der Waals surface area contributed by atoms with Gasteiger partial charge in [0.05, 0.1) is 6.04 Å². The molecule has 120 valence electrons. The highest BCUT2D eigenvalue weighted by molar-refractivity contribution is 5.85. The van der Waals surface area contributed by atoms with Crippen molar-refractivity contribution in [3.05, 3.63) is 12.2 Å². The Kier molecular flexibility index (Phi) is 4.70. The van der Waals surface area contributed by atoms with Crippen LogP contribution in [0, 0.1) is 0 Å². The molecule has 2 unspecified atom stereocenters. The fraction of sp³-hybridized carbons (Fsp3) is 0.692. The summed E-state index contributed by atoms with van der Waals surface area (Å²) in [5.41, 5.74) is 0. The Morgan fingerprint density at radius 1 is 1.27 bits per heavy atom. The molecule has 2 atom stereocenters. The molecule has 0 aromatic carbocycles. The van der Waals surface area contributed by atoms with Crippen molar-refractivity contribution in [1.29, 1.82) is 0 Å². The van der Waals surface area contributed by atoms with Gasteiger partial charge in [0, 0.05) is 13.2 Å². The molecule has 0 aliphatic carbocycles. The monoisotopic (exact) mass is 326 g/mol. The number of hydrogen-bond donors (Lipinski definition) is 1. The van der Waals surface area contributed by atoms with Gasteiger partial charge in [0.15, 0.2) is 0 Å². The average Bonchev–Trinajstić information content (AvgIpc) is 3.27. The smallest absolute Gasteiger partial charge is 0.297 e. The zero-order chi connectivity index (χ0) is 14.1. The molecule has 2 aromatic heterocycles. The summed E-state index contributed by atoms with van der Waals surface area (Å²) in [6.07, 6.45) is 5.94. The fourth-order valence-electron chi connectivity index (χ4n) is 2.85. The van der Waals surface area contributed by atoms with E-state index in [9.17, 15) is 0 Å². The summed E-state index contributed by atoms with van der Waals surface area (Å²) in [4.78, 5) is 8.65. The topological polar surface area (TPSA) is 90.9 Å². The number of nitrogens with zero attached hydrogens (tertiary/aromatic N) is 5. The van der Waals surface area contributed by atoms with E-state index in [1.54, 1.807) is 6.33 Å². The van der Waals surface area contributed by atoms with Crippen LogP contribution < -0.4 is 5.32 Å². The number of ether oxygens (including phenoxy) is 1. The van der Waals surface area contributed by atoms with Crippen molar-refractivity contribution in [3.8, 4) is 11.7 Å². The van der Waals surface area contributed by atoms with Crippen molar-refractivity contribution in [2.45, 2.75) is 37.8 Å². The Hall–Kier alpha value is -1.51. The second kappa shape index (κ2) is 6.72. The summed E-state index contributed by atoms with van der Waals surface area (Å²) in [6.45, 7) is 2.76. The Labute approximate surface area is 134 Å². The summed E-state index contributed by atoms with van der Waals surface area (Å²) >= 11 is 0. The molecule has 0 amide bonds. The van der Waals surface area contributed by atoms with E-state index in [2.05, 4.69) is 25.5 Å². The summed E-state index contributed by atoms with van der Waals surface area (Å²) in [7, 11) is 0. The molecule has 2 aromatic rings. The fourth-order valence-corrected chi connectivity index (χ4v) is 2.85. The largest absolute Gasteiger partial charge is 0.370 e. The minimum atomic E-state index is -0.0490. The molecule has 4 rings (SSSR count). The van der Waals surface area contributed by atoms with E-state index < -0.39 is 0 Å². The van der Waals surface area contributed by atoms with Crippen LogP contribution in [0.1, 0.15) is 43.7 Å². The quantitative estimate of drug-likeness (QED) is 0.914. The van der Waals surface area contributed by atoms with Gasteiger partial charge in [0.2, 0.25) is 11.6 Å². The van der Waals surface area contributed by atoms with E-state index in [0.29, 0.717) is 23.6 Å². The second-order valence-electron chi connectivity index (χ2n) is 5.51. The minimum absolute atomic E-state index is 0. The molecule has 0 bridgehead atoms. The van der Waals surface area contributed by atoms with Crippen LogP contribution in [-0.2, 0) is 4.74 Å². The van der Waals surface area contributed by atoms with Gasteiger partial charge in [-0.1, -0.05) is 5.16 Å². The molecular weight excluding hydrogens is 308 g/mol. The van der Waals surface area contributed by atoms with E-state index in [0.717, 1.165) is 45.4 Å². The number of hydrogen-bond acceptors (Lipinski definition) is 7. The van der Waals surface area contributed by atoms with Crippen molar-refractivity contribution < 1.29 is 9.26 Å². The molecule has 4 heterocycles. The van der Waals surface area contributed by atoms with Crippen molar-refractivity contribution in [1.82, 2.24) is 30.2 Å². The van der Waals surface area contributed by atoms with Crippen molar-refractivity contribution in [3.63, 3.8) is 0 Å². The third kappa shape index (κ3) is 2.99. The van der Waals surface area contributed by atoms with Gasteiger partial charge in [-0.25, -0.2) is 9.67 Å². The third-order valence-electron chi connectivity index (χ3n) is 4.00. The Bertz CT molecular complexity index is 603. The highest BCUT2D eigenvalue weighted by atomic mass is 35.5. The summed E-state index contributed by atoms with van der Waals surface area (Å²) in [5, 5.41) is 11.8. The van der Waals surface area contributed by atoms with Crippen LogP contribution in [0.25, 0.3) is 11.7 Å². The van der Waals surface area contributed by atoms with Crippen molar-refractivity contribution >= 4 is 12.4 Å². The standard InChI is InChI=1S/C13H18N6O2.ClH/c1-3-9(7-14-5-1)19-8-15-12(17-19)13-16-11(18-21-13)10-4-2-6-20-10;/h8-10,14H,1-7H2;1H. The van der Waals surface area contributed by atoms with Crippen LogP contribution in [0.5, 0.6) is 0 Å². The van der Waals surface area contributed by atoms with Crippen LogP contribution in [0.2, 0.25) is 0 Å². The van der Waals surface area contributed by atoms with Crippen LogP contribution in [0.15, 0.2) is 10.9 Å². The zero-order valence-corrected chi connectivity index (χ0v) is 13.0. The lowest BCUT2D eigenvalue weighted by molar-refractivity contribution is 0.103. The lowest BCUT2D eigenvalue weighted by atomic mass is 10.1. The number of piperidine rings is 1. The Morgan fingerprint density at radius 3 is 3.00 bits per heavy atom. The normalized spacial score (nSPS) is 25.1. The van der Waals surface area contributed by atoms with E-state index in [-0.39, 0.29) is 18.5 Å². The van der Waals surface area contributed by atoms with E-state index in [1.165, 1.54) is 0 Å².